The lowest BCUT2D eigenvalue weighted by Crippen LogP contribution is -2.58. The van der Waals surface area contributed by atoms with Crippen LogP contribution in [0.5, 0.6) is 0 Å². The van der Waals surface area contributed by atoms with Crippen LogP contribution in [0.2, 0.25) is 0 Å². The molecule has 0 aliphatic heterocycles. The Morgan fingerprint density at radius 1 is 1.26 bits per heavy atom. The molecule has 0 unspecified atom stereocenters. The molecule has 0 aromatic carbocycles. The number of carboxylic acids is 1. The second kappa shape index (κ2) is 8.71. The lowest BCUT2D eigenvalue weighted by Gasteiger charge is -2.31. The van der Waals surface area contributed by atoms with Crippen molar-refractivity contribution in [1.82, 2.24) is 10.2 Å². The lowest BCUT2D eigenvalue weighted by atomic mass is 9.93. The van der Waals surface area contributed by atoms with Crippen LogP contribution in [0, 0.1) is 0 Å². The van der Waals surface area contributed by atoms with Crippen LogP contribution in [0.15, 0.2) is 0 Å². The molecule has 2 amide bonds. The number of hydrogen-bond donors (Lipinski definition) is 3. The number of hydrogen-bond acceptors (Lipinski definition) is 4. The molecule has 0 aromatic rings. The fourth-order valence-corrected chi connectivity index (χ4v) is 1.70. The Hall–Kier alpha value is -1.34. The van der Waals surface area contributed by atoms with Gasteiger partial charge in [0.2, 0.25) is 0 Å². The number of carbonyl (C=O) groups is 2. The molecule has 0 heterocycles. The molecule has 0 aliphatic carbocycles. The summed E-state index contributed by atoms with van der Waals surface area (Å²) in [7, 11) is 1.51. The van der Waals surface area contributed by atoms with Gasteiger partial charge in [-0.25, -0.2) is 9.59 Å². The maximum Gasteiger partial charge on any atom is 0.329 e. The van der Waals surface area contributed by atoms with E-state index in [1.54, 1.807) is 13.8 Å². The average molecular weight is 276 g/mol. The van der Waals surface area contributed by atoms with Crippen LogP contribution < -0.4 is 5.32 Å². The first kappa shape index (κ1) is 17.7. The lowest BCUT2D eigenvalue weighted by molar-refractivity contribution is -0.144. The van der Waals surface area contributed by atoms with E-state index >= 15 is 0 Å². The van der Waals surface area contributed by atoms with Crippen molar-refractivity contribution in [3.63, 3.8) is 0 Å². The first-order valence-corrected chi connectivity index (χ1v) is 6.37. The first-order chi connectivity index (χ1) is 8.97. The number of carbonyl (C=O) groups excluding carboxylic acids is 1. The van der Waals surface area contributed by atoms with Gasteiger partial charge in [0.15, 0.2) is 0 Å². The van der Waals surface area contributed by atoms with Gasteiger partial charge >= 0.3 is 12.0 Å². The molecular weight excluding hydrogens is 252 g/mol. The monoisotopic (exact) mass is 276 g/mol. The summed E-state index contributed by atoms with van der Waals surface area (Å²) < 4.78 is 4.88. The number of nitrogens with one attached hydrogen (secondary N) is 1. The second-order valence-corrected chi connectivity index (χ2v) is 4.23. The molecule has 3 N–H and O–H groups in total. The number of aliphatic carboxylic acids is 1. The van der Waals surface area contributed by atoms with E-state index in [0.717, 1.165) is 0 Å². The van der Waals surface area contributed by atoms with Gasteiger partial charge in [-0.15, -0.1) is 0 Å². The van der Waals surface area contributed by atoms with Crippen molar-refractivity contribution in [1.29, 1.82) is 0 Å². The number of rotatable bonds is 9. The predicted molar refractivity (Wildman–Crippen MR) is 70.0 cm³/mol. The number of ether oxygens (including phenoxy) is 1. The fraction of sp³-hybridized carbons (Fsp3) is 0.833. The Balaban J connectivity index is 4.79. The predicted octanol–water partition coefficient (Wildman–Crippen LogP) is 0.280. The van der Waals surface area contributed by atoms with Crippen LogP contribution >= 0.6 is 0 Å². The number of carboxylic acid groups (broad SMARTS) is 1. The minimum absolute atomic E-state index is 0.137. The number of urea groups is 1. The van der Waals surface area contributed by atoms with Crippen molar-refractivity contribution in [3.05, 3.63) is 0 Å². The third-order valence-corrected chi connectivity index (χ3v) is 3.19. The summed E-state index contributed by atoms with van der Waals surface area (Å²) in [5, 5.41) is 20.7. The van der Waals surface area contributed by atoms with E-state index in [1.807, 2.05) is 0 Å². The fourth-order valence-electron chi connectivity index (χ4n) is 1.70. The molecule has 0 aliphatic rings. The molecular formula is C12H24N2O5. The van der Waals surface area contributed by atoms with E-state index in [1.165, 1.54) is 12.0 Å². The van der Waals surface area contributed by atoms with Gasteiger partial charge in [0.05, 0.1) is 13.2 Å². The quantitative estimate of drug-likeness (QED) is 0.562. The van der Waals surface area contributed by atoms with Crippen LogP contribution in [0.1, 0.15) is 26.7 Å². The van der Waals surface area contributed by atoms with Crippen molar-refractivity contribution >= 4 is 12.0 Å². The summed E-state index contributed by atoms with van der Waals surface area (Å²) in [5.74, 6) is -1.05. The van der Waals surface area contributed by atoms with E-state index in [9.17, 15) is 14.7 Å². The van der Waals surface area contributed by atoms with Gasteiger partial charge in [-0.05, 0) is 12.8 Å². The van der Waals surface area contributed by atoms with Crippen LogP contribution in [0.4, 0.5) is 4.79 Å². The summed E-state index contributed by atoms with van der Waals surface area (Å²) in [6.45, 7) is 4.00. The summed E-state index contributed by atoms with van der Waals surface area (Å²) in [6.07, 6.45) is 0.587. The third kappa shape index (κ3) is 5.04. The highest BCUT2D eigenvalue weighted by Crippen LogP contribution is 2.16. The van der Waals surface area contributed by atoms with Crippen molar-refractivity contribution in [2.75, 3.05) is 33.4 Å². The minimum Gasteiger partial charge on any atom is -0.480 e. The normalized spacial score (nSPS) is 11.2. The van der Waals surface area contributed by atoms with Gasteiger partial charge < -0.3 is 25.2 Å². The topological polar surface area (TPSA) is 99.1 Å². The van der Waals surface area contributed by atoms with Crippen LogP contribution in [-0.2, 0) is 9.53 Å². The van der Waals surface area contributed by atoms with E-state index in [-0.39, 0.29) is 13.2 Å². The highest BCUT2D eigenvalue weighted by molar-refractivity contribution is 5.86. The molecule has 0 atom stereocenters. The maximum absolute atomic E-state index is 12.1. The molecule has 0 aromatic heterocycles. The van der Waals surface area contributed by atoms with Crippen LogP contribution in [0.3, 0.4) is 0 Å². The Morgan fingerprint density at radius 2 is 1.84 bits per heavy atom. The summed E-state index contributed by atoms with van der Waals surface area (Å²) >= 11 is 0. The van der Waals surface area contributed by atoms with Gasteiger partial charge in [-0.2, -0.15) is 0 Å². The van der Waals surface area contributed by atoms with Crippen molar-refractivity contribution in [2.45, 2.75) is 32.2 Å². The zero-order chi connectivity index (χ0) is 14.9. The number of amides is 2. The molecule has 0 fully saturated rings. The first-order valence-electron chi connectivity index (χ1n) is 6.37. The van der Waals surface area contributed by atoms with E-state index in [2.05, 4.69) is 5.32 Å². The molecule has 0 spiro atoms. The summed E-state index contributed by atoms with van der Waals surface area (Å²) in [5.41, 5.74) is -1.27. The highest BCUT2D eigenvalue weighted by Gasteiger charge is 2.37. The zero-order valence-electron chi connectivity index (χ0n) is 11.8. The third-order valence-electron chi connectivity index (χ3n) is 3.19. The van der Waals surface area contributed by atoms with Crippen molar-refractivity contribution in [3.8, 4) is 0 Å². The molecule has 7 nitrogen and oxygen atoms in total. The van der Waals surface area contributed by atoms with Gasteiger partial charge in [0.25, 0.3) is 0 Å². The molecule has 0 radical (unpaired) electrons. The number of methoxy groups -OCH3 is 1. The van der Waals surface area contributed by atoms with Crippen molar-refractivity contribution < 1.29 is 24.5 Å². The largest absolute Gasteiger partial charge is 0.480 e. The molecule has 0 saturated heterocycles. The van der Waals surface area contributed by atoms with Crippen molar-refractivity contribution in [2.24, 2.45) is 0 Å². The molecule has 0 rings (SSSR count). The Morgan fingerprint density at radius 3 is 2.21 bits per heavy atom. The standard InChI is InChI=1S/C12H24N2O5/c1-4-12(5-2,10(16)17)13-11(18)14(6-8-15)7-9-19-3/h15H,4-9H2,1-3H3,(H,13,18)(H,16,17). The second-order valence-electron chi connectivity index (χ2n) is 4.23. The van der Waals surface area contributed by atoms with Gasteiger partial charge in [0, 0.05) is 20.2 Å². The SMILES string of the molecule is CCC(CC)(NC(=O)N(CCO)CCOC)C(=O)O. The molecule has 7 heteroatoms. The maximum atomic E-state index is 12.1. The molecule has 19 heavy (non-hydrogen) atoms. The minimum atomic E-state index is -1.27. The molecule has 0 bridgehead atoms. The zero-order valence-corrected chi connectivity index (χ0v) is 11.8. The number of aliphatic hydroxyl groups is 1. The Labute approximate surface area is 113 Å². The van der Waals surface area contributed by atoms with Crippen LogP contribution in [-0.4, -0.2) is 66.1 Å². The van der Waals surface area contributed by atoms with Crippen LogP contribution in [0.25, 0.3) is 0 Å². The van der Waals surface area contributed by atoms with Gasteiger partial charge in [-0.1, -0.05) is 13.8 Å². The summed E-state index contributed by atoms with van der Waals surface area (Å²) in [4.78, 5) is 24.7. The van der Waals surface area contributed by atoms with E-state index in [4.69, 9.17) is 9.84 Å². The smallest absolute Gasteiger partial charge is 0.329 e. The number of aliphatic hydroxyl groups excluding tert-OH is 1. The summed E-state index contributed by atoms with van der Waals surface area (Å²) in [6, 6.07) is -0.503. The van der Waals surface area contributed by atoms with E-state index < -0.39 is 17.5 Å². The average Bonchev–Trinajstić information content (AvgIpc) is 2.40. The highest BCUT2D eigenvalue weighted by atomic mass is 16.5. The Kier molecular flexibility index (Phi) is 8.09. The Bertz CT molecular complexity index is 292. The molecule has 0 saturated carbocycles. The van der Waals surface area contributed by atoms with Gasteiger partial charge in [0.1, 0.15) is 5.54 Å². The van der Waals surface area contributed by atoms with E-state index in [0.29, 0.717) is 26.0 Å². The van der Waals surface area contributed by atoms with Gasteiger partial charge in [-0.3, -0.25) is 0 Å². The molecule has 112 valence electrons. The number of nitrogens with zero attached hydrogens (tertiary/aromatic N) is 1.